The molecule has 0 amide bonds. The first kappa shape index (κ1) is 14.7. The molecule has 0 heterocycles. The second-order valence-corrected chi connectivity index (χ2v) is 3.21. The van der Waals surface area contributed by atoms with E-state index in [-0.39, 0.29) is 6.61 Å². The molecule has 1 aromatic carbocycles. The van der Waals surface area contributed by atoms with Crippen molar-refractivity contribution in [3.8, 4) is 5.75 Å². The topological polar surface area (TPSA) is 78.7 Å². The summed E-state index contributed by atoms with van der Waals surface area (Å²) in [6.07, 6.45) is -4.45. The third-order valence-corrected chi connectivity index (χ3v) is 1.87. The second-order valence-electron chi connectivity index (χ2n) is 3.21. The van der Waals surface area contributed by atoms with E-state index in [1.807, 2.05) is 0 Å². The largest absolute Gasteiger partial charge is 0.502 e. The minimum atomic E-state index is -4.45. The molecule has 0 fully saturated rings. The monoisotopic (exact) mass is 279 g/mol. The Kier molecular flexibility index (Phi) is 4.30. The highest BCUT2D eigenvalue weighted by Crippen LogP contribution is 2.32. The van der Waals surface area contributed by atoms with Crippen molar-refractivity contribution < 1.29 is 32.4 Å². The Balaban J connectivity index is 3.07. The van der Waals surface area contributed by atoms with Gasteiger partial charge in [-0.2, -0.15) is 8.78 Å². The maximum absolute atomic E-state index is 13.2. The Bertz CT molecular complexity index is 506. The van der Waals surface area contributed by atoms with Gasteiger partial charge in [0.25, 0.3) is 0 Å². The summed E-state index contributed by atoms with van der Waals surface area (Å²) in [5.41, 5.74) is -0.898. The SMILES string of the molecule is CCOC(=O)C(F)(F)Oc1cc(F)ccc1[N+](=O)[O-]. The lowest BCUT2D eigenvalue weighted by Crippen LogP contribution is -2.37. The number of nitrogens with zero attached hydrogens (tertiary/aromatic N) is 1. The molecular weight excluding hydrogens is 271 g/mol. The third-order valence-electron chi connectivity index (χ3n) is 1.87. The number of hydrogen-bond acceptors (Lipinski definition) is 5. The lowest BCUT2D eigenvalue weighted by atomic mass is 10.3. The first-order valence-electron chi connectivity index (χ1n) is 4.96. The molecule has 104 valence electrons. The van der Waals surface area contributed by atoms with Crippen molar-refractivity contribution in [2.75, 3.05) is 6.61 Å². The molecule has 19 heavy (non-hydrogen) atoms. The summed E-state index contributed by atoms with van der Waals surface area (Å²) in [5, 5.41) is 10.6. The van der Waals surface area contributed by atoms with Gasteiger partial charge in [0.2, 0.25) is 5.75 Å². The molecule has 0 saturated heterocycles. The second kappa shape index (κ2) is 5.55. The van der Waals surface area contributed by atoms with E-state index in [0.29, 0.717) is 18.2 Å². The van der Waals surface area contributed by atoms with Crippen LogP contribution in [0.15, 0.2) is 18.2 Å². The molecule has 0 aromatic heterocycles. The number of nitro groups is 1. The molecule has 0 N–H and O–H groups in total. The summed E-state index contributed by atoms with van der Waals surface area (Å²) in [7, 11) is 0. The molecule has 0 radical (unpaired) electrons. The summed E-state index contributed by atoms with van der Waals surface area (Å²) < 4.78 is 47.2. The quantitative estimate of drug-likeness (QED) is 0.469. The molecule has 0 aliphatic rings. The van der Waals surface area contributed by atoms with Crippen molar-refractivity contribution in [3.63, 3.8) is 0 Å². The van der Waals surface area contributed by atoms with Crippen molar-refractivity contribution in [2.24, 2.45) is 0 Å². The van der Waals surface area contributed by atoms with E-state index in [1.165, 1.54) is 6.92 Å². The maximum Gasteiger partial charge on any atom is 0.502 e. The minimum Gasteiger partial charge on any atom is -0.459 e. The average Bonchev–Trinajstić information content (AvgIpc) is 2.28. The van der Waals surface area contributed by atoms with Crippen LogP contribution in [0.2, 0.25) is 0 Å². The van der Waals surface area contributed by atoms with Crippen LogP contribution in [-0.2, 0) is 9.53 Å². The average molecular weight is 279 g/mol. The highest BCUT2D eigenvalue weighted by molar-refractivity contribution is 5.76. The van der Waals surface area contributed by atoms with Gasteiger partial charge in [0.05, 0.1) is 11.5 Å². The molecule has 9 heteroatoms. The fourth-order valence-corrected chi connectivity index (χ4v) is 1.12. The van der Waals surface area contributed by atoms with Crippen LogP contribution in [0.4, 0.5) is 18.9 Å². The smallest absolute Gasteiger partial charge is 0.459 e. The zero-order valence-electron chi connectivity index (χ0n) is 9.56. The first-order valence-corrected chi connectivity index (χ1v) is 4.96. The molecule has 0 bridgehead atoms. The highest BCUT2D eigenvalue weighted by atomic mass is 19.3. The third kappa shape index (κ3) is 3.57. The minimum absolute atomic E-state index is 0.330. The van der Waals surface area contributed by atoms with Gasteiger partial charge < -0.3 is 9.47 Å². The van der Waals surface area contributed by atoms with Gasteiger partial charge in [-0.1, -0.05) is 0 Å². The number of carbonyl (C=O) groups excluding carboxylic acids is 1. The lowest BCUT2D eigenvalue weighted by Gasteiger charge is -2.15. The predicted molar refractivity (Wildman–Crippen MR) is 55.3 cm³/mol. The van der Waals surface area contributed by atoms with E-state index >= 15 is 0 Å². The molecule has 6 nitrogen and oxygen atoms in total. The molecule has 0 atom stereocenters. The van der Waals surface area contributed by atoms with E-state index in [0.717, 1.165) is 0 Å². The van der Waals surface area contributed by atoms with Gasteiger partial charge in [-0.15, -0.1) is 0 Å². The van der Waals surface area contributed by atoms with Gasteiger partial charge in [-0.3, -0.25) is 10.1 Å². The fourth-order valence-electron chi connectivity index (χ4n) is 1.12. The van der Waals surface area contributed by atoms with Crippen LogP contribution in [0.25, 0.3) is 0 Å². The number of halogens is 3. The number of esters is 1. The van der Waals surface area contributed by atoms with Crippen molar-refractivity contribution >= 4 is 11.7 Å². The molecular formula is C10H8F3NO5. The van der Waals surface area contributed by atoms with Gasteiger partial charge in [-0.05, 0) is 13.0 Å². The highest BCUT2D eigenvalue weighted by Gasteiger charge is 2.45. The zero-order valence-corrected chi connectivity index (χ0v) is 9.56. The van der Waals surface area contributed by atoms with Gasteiger partial charge in [0.15, 0.2) is 0 Å². The Hall–Kier alpha value is -2.32. The van der Waals surface area contributed by atoms with E-state index in [2.05, 4.69) is 9.47 Å². The van der Waals surface area contributed by atoms with Crippen LogP contribution >= 0.6 is 0 Å². The van der Waals surface area contributed by atoms with Crippen LogP contribution in [0, 0.1) is 15.9 Å². The Labute approximate surface area is 104 Å². The standard InChI is InChI=1S/C10H8F3NO5/c1-2-18-9(15)10(12,13)19-8-5-6(11)3-4-7(8)14(16)17/h3-5H,2H2,1H3. The number of carbonyl (C=O) groups is 1. The van der Waals surface area contributed by atoms with Crippen LogP contribution in [-0.4, -0.2) is 23.6 Å². The van der Waals surface area contributed by atoms with Gasteiger partial charge in [0, 0.05) is 12.1 Å². The van der Waals surface area contributed by atoms with Crippen LogP contribution in [0.5, 0.6) is 5.75 Å². The molecule has 0 saturated carbocycles. The van der Waals surface area contributed by atoms with Crippen molar-refractivity contribution in [2.45, 2.75) is 13.0 Å². The number of nitro benzene ring substituents is 1. The molecule has 0 spiro atoms. The molecule has 1 rings (SSSR count). The number of hydrogen-bond donors (Lipinski definition) is 0. The van der Waals surface area contributed by atoms with Crippen LogP contribution in [0.3, 0.4) is 0 Å². The number of alkyl halides is 2. The summed E-state index contributed by atoms with van der Waals surface area (Å²) in [6.45, 7) is 0.960. The molecule has 0 aliphatic carbocycles. The molecule has 0 unspecified atom stereocenters. The summed E-state index contributed by atoms with van der Waals surface area (Å²) in [6, 6.07) is 1.73. The number of rotatable bonds is 5. The van der Waals surface area contributed by atoms with Crippen LogP contribution in [0.1, 0.15) is 6.92 Å². The Morgan fingerprint density at radius 2 is 2.11 bits per heavy atom. The summed E-state index contributed by atoms with van der Waals surface area (Å²) in [5.74, 6) is -4.11. The summed E-state index contributed by atoms with van der Waals surface area (Å²) >= 11 is 0. The van der Waals surface area contributed by atoms with E-state index in [9.17, 15) is 28.1 Å². The Morgan fingerprint density at radius 3 is 2.63 bits per heavy atom. The fraction of sp³-hybridized carbons (Fsp3) is 0.300. The summed E-state index contributed by atoms with van der Waals surface area (Å²) in [4.78, 5) is 20.4. The van der Waals surface area contributed by atoms with Crippen molar-refractivity contribution in [1.82, 2.24) is 0 Å². The first-order chi connectivity index (χ1) is 8.77. The maximum atomic E-state index is 13.2. The van der Waals surface area contributed by atoms with Crippen LogP contribution < -0.4 is 4.74 Å². The van der Waals surface area contributed by atoms with Crippen molar-refractivity contribution in [1.29, 1.82) is 0 Å². The van der Waals surface area contributed by atoms with Crippen molar-refractivity contribution in [3.05, 3.63) is 34.1 Å². The number of benzene rings is 1. The van der Waals surface area contributed by atoms with E-state index in [4.69, 9.17) is 0 Å². The lowest BCUT2D eigenvalue weighted by molar-refractivity contribution is -0.387. The van der Waals surface area contributed by atoms with Gasteiger partial charge in [-0.25, -0.2) is 9.18 Å². The Morgan fingerprint density at radius 1 is 1.47 bits per heavy atom. The number of ether oxygens (including phenoxy) is 2. The molecule has 1 aromatic rings. The van der Waals surface area contributed by atoms with E-state index < -0.39 is 34.3 Å². The normalized spacial score (nSPS) is 10.9. The molecule has 0 aliphatic heterocycles. The van der Waals surface area contributed by atoms with Gasteiger partial charge >= 0.3 is 17.8 Å². The zero-order chi connectivity index (χ0) is 14.6. The predicted octanol–water partition coefficient (Wildman–Crippen LogP) is 2.27. The van der Waals surface area contributed by atoms with Gasteiger partial charge in [0.1, 0.15) is 5.82 Å². The van der Waals surface area contributed by atoms with E-state index in [1.54, 1.807) is 0 Å².